The van der Waals surface area contributed by atoms with Gasteiger partial charge in [-0.25, -0.2) is 0 Å². The molecule has 1 heterocycles. The van der Waals surface area contributed by atoms with E-state index in [0.717, 1.165) is 10.9 Å². The first-order valence-electron chi connectivity index (χ1n) is 7.99. The lowest BCUT2D eigenvalue weighted by Gasteiger charge is -2.11. The normalized spacial score (nSPS) is 13.0. The maximum absolute atomic E-state index is 10.9. The summed E-state index contributed by atoms with van der Waals surface area (Å²) < 4.78 is 1.63. The molecule has 0 aliphatic carbocycles. The lowest BCUT2D eigenvalue weighted by molar-refractivity contribution is 0.264. The van der Waals surface area contributed by atoms with E-state index in [1.54, 1.807) is 29.0 Å². The lowest BCUT2D eigenvalue weighted by atomic mass is 10.2. The number of fused-ring (bicyclic) bond motifs is 1. The van der Waals surface area contributed by atoms with Gasteiger partial charge in [0.1, 0.15) is 0 Å². The van der Waals surface area contributed by atoms with E-state index in [2.05, 4.69) is 4.99 Å². The van der Waals surface area contributed by atoms with Crippen LogP contribution in [0.1, 0.15) is 18.9 Å². The summed E-state index contributed by atoms with van der Waals surface area (Å²) in [7, 11) is 0. The molecule has 2 aromatic carbocycles. The SMILES string of the molecule is CC[C@H](CO)N=Cc1c(O)n(-c2c(Cl)cccc2Cl)c2ccccc12. The Balaban J connectivity index is 2.27. The fraction of sp³-hybridized carbons (Fsp3) is 0.211. The molecule has 0 fully saturated rings. The van der Waals surface area contributed by atoms with Crippen molar-refractivity contribution in [1.29, 1.82) is 0 Å². The van der Waals surface area contributed by atoms with Crippen molar-refractivity contribution in [3.63, 3.8) is 0 Å². The highest BCUT2D eigenvalue weighted by Gasteiger charge is 2.20. The number of halogens is 2. The van der Waals surface area contributed by atoms with Gasteiger partial charge in [-0.3, -0.25) is 9.56 Å². The fourth-order valence-electron chi connectivity index (χ4n) is 2.77. The Labute approximate surface area is 156 Å². The summed E-state index contributed by atoms with van der Waals surface area (Å²) in [5.74, 6) is 0.00717. The average molecular weight is 377 g/mol. The highest BCUT2D eigenvalue weighted by atomic mass is 35.5. The van der Waals surface area contributed by atoms with Crippen LogP contribution in [0.3, 0.4) is 0 Å². The molecule has 0 aliphatic rings. The number of hydrogen-bond acceptors (Lipinski definition) is 3. The van der Waals surface area contributed by atoms with Gasteiger partial charge in [-0.05, 0) is 24.6 Å². The van der Waals surface area contributed by atoms with Crippen molar-refractivity contribution in [3.8, 4) is 11.6 Å². The number of benzene rings is 2. The van der Waals surface area contributed by atoms with Crippen LogP contribution in [0.5, 0.6) is 5.88 Å². The smallest absolute Gasteiger partial charge is 0.205 e. The summed E-state index contributed by atoms with van der Waals surface area (Å²) in [6, 6.07) is 12.6. The van der Waals surface area contributed by atoms with Gasteiger partial charge in [0, 0.05) is 11.6 Å². The molecule has 0 saturated carbocycles. The summed E-state index contributed by atoms with van der Waals surface area (Å²) in [5.41, 5.74) is 1.86. The predicted molar refractivity (Wildman–Crippen MR) is 104 cm³/mol. The van der Waals surface area contributed by atoms with E-state index in [0.29, 0.717) is 27.7 Å². The Morgan fingerprint density at radius 1 is 1.12 bits per heavy atom. The minimum absolute atomic E-state index is 0.00717. The Bertz CT molecular complexity index is 910. The molecule has 4 nitrogen and oxygen atoms in total. The molecule has 0 aliphatic heterocycles. The standard InChI is InChI=1S/C19H18Cl2N2O2/c1-2-12(11-24)22-10-14-13-6-3-4-9-17(13)23(19(14)25)18-15(20)7-5-8-16(18)21/h3-10,12,24-25H,2,11H2,1H3/t12-/m1/s1. The van der Waals surface area contributed by atoms with Crippen LogP contribution in [0.15, 0.2) is 47.5 Å². The minimum Gasteiger partial charge on any atom is -0.494 e. The lowest BCUT2D eigenvalue weighted by Crippen LogP contribution is -2.08. The van der Waals surface area contributed by atoms with Gasteiger partial charge in [-0.2, -0.15) is 0 Å². The highest BCUT2D eigenvalue weighted by Crippen LogP contribution is 2.38. The molecule has 1 aromatic heterocycles. The van der Waals surface area contributed by atoms with Gasteiger partial charge in [-0.15, -0.1) is 0 Å². The van der Waals surface area contributed by atoms with Crippen LogP contribution in [0.25, 0.3) is 16.6 Å². The van der Waals surface area contributed by atoms with Gasteiger partial charge in [-0.1, -0.05) is 54.4 Å². The number of nitrogens with zero attached hydrogens (tertiary/aromatic N) is 2. The van der Waals surface area contributed by atoms with Crippen molar-refractivity contribution in [2.75, 3.05) is 6.61 Å². The Kier molecular flexibility index (Phi) is 5.33. The van der Waals surface area contributed by atoms with Crippen molar-refractivity contribution >= 4 is 40.3 Å². The van der Waals surface area contributed by atoms with Gasteiger partial charge in [0.2, 0.25) is 5.88 Å². The second-order valence-electron chi connectivity index (χ2n) is 5.68. The Morgan fingerprint density at radius 3 is 2.44 bits per heavy atom. The first kappa shape index (κ1) is 17.8. The molecule has 6 heteroatoms. The van der Waals surface area contributed by atoms with Crippen LogP contribution < -0.4 is 0 Å². The van der Waals surface area contributed by atoms with Gasteiger partial charge in [0.15, 0.2) is 0 Å². The van der Waals surface area contributed by atoms with E-state index in [4.69, 9.17) is 23.2 Å². The van der Waals surface area contributed by atoms with Crippen LogP contribution in [0, 0.1) is 0 Å². The molecule has 130 valence electrons. The fourth-order valence-corrected chi connectivity index (χ4v) is 3.34. The van der Waals surface area contributed by atoms with Gasteiger partial charge < -0.3 is 10.2 Å². The zero-order valence-corrected chi connectivity index (χ0v) is 15.2. The van der Waals surface area contributed by atoms with E-state index in [-0.39, 0.29) is 18.5 Å². The number of hydrogen-bond donors (Lipinski definition) is 2. The number of rotatable bonds is 5. The van der Waals surface area contributed by atoms with E-state index >= 15 is 0 Å². The molecule has 0 bridgehead atoms. The monoisotopic (exact) mass is 376 g/mol. The molecule has 0 radical (unpaired) electrons. The molecular weight excluding hydrogens is 359 g/mol. The van der Waals surface area contributed by atoms with Crippen molar-refractivity contribution in [2.45, 2.75) is 19.4 Å². The largest absolute Gasteiger partial charge is 0.494 e. The van der Waals surface area contributed by atoms with E-state index in [1.807, 2.05) is 31.2 Å². The molecular formula is C19H18Cl2N2O2. The van der Waals surface area contributed by atoms with Crippen molar-refractivity contribution in [3.05, 3.63) is 58.1 Å². The summed E-state index contributed by atoms with van der Waals surface area (Å²) in [4.78, 5) is 4.38. The molecule has 1 atom stereocenters. The predicted octanol–water partition coefficient (Wildman–Crippen LogP) is 4.83. The van der Waals surface area contributed by atoms with Gasteiger partial charge >= 0.3 is 0 Å². The number of aliphatic hydroxyl groups excluding tert-OH is 1. The van der Waals surface area contributed by atoms with Crippen LogP contribution in [-0.4, -0.2) is 33.6 Å². The number of aliphatic hydroxyl groups is 1. The van der Waals surface area contributed by atoms with Crippen molar-refractivity contribution in [1.82, 2.24) is 4.57 Å². The molecule has 0 unspecified atom stereocenters. The van der Waals surface area contributed by atoms with Gasteiger partial charge in [0.25, 0.3) is 0 Å². The summed E-state index contributed by atoms with van der Waals surface area (Å²) in [6.07, 6.45) is 2.31. The Hall–Kier alpha value is -2.01. The van der Waals surface area contributed by atoms with Gasteiger partial charge in [0.05, 0.1) is 39.5 Å². The third-order valence-electron chi connectivity index (χ3n) is 4.15. The minimum atomic E-state index is -0.203. The maximum atomic E-state index is 10.9. The van der Waals surface area contributed by atoms with Crippen molar-refractivity contribution < 1.29 is 10.2 Å². The highest BCUT2D eigenvalue weighted by molar-refractivity contribution is 6.38. The summed E-state index contributed by atoms with van der Waals surface area (Å²) >= 11 is 12.7. The number of para-hydroxylation sites is 2. The third kappa shape index (κ3) is 3.25. The van der Waals surface area contributed by atoms with Crippen molar-refractivity contribution in [2.24, 2.45) is 4.99 Å². The second kappa shape index (κ2) is 7.48. The van der Waals surface area contributed by atoms with Crippen LogP contribution in [0.2, 0.25) is 10.0 Å². The van der Waals surface area contributed by atoms with Crippen LogP contribution in [0.4, 0.5) is 0 Å². The summed E-state index contributed by atoms with van der Waals surface area (Å²) in [6.45, 7) is 1.91. The molecule has 3 rings (SSSR count). The molecule has 2 N–H and O–H groups in total. The van der Waals surface area contributed by atoms with E-state index in [9.17, 15) is 10.2 Å². The average Bonchev–Trinajstić information content (AvgIpc) is 2.88. The van der Waals surface area contributed by atoms with Crippen LogP contribution >= 0.6 is 23.2 Å². The third-order valence-corrected chi connectivity index (χ3v) is 4.76. The number of aliphatic imine (C=N–C) groups is 1. The Morgan fingerprint density at radius 2 is 1.80 bits per heavy atom. The quantitative estimate of drug-likeness (QED) is 0.626. The topological polar surface area (TPSA) is 57.8 Å². The number of aromatic nitrogens is 1. The van der Waals surface area contributed by atoms with E-state index < -0.39 is 0 Å². The van der Waals surface area contributed by atoms with E-state index in [1.165, 1.54) is 0 Å². The zero-order chi connectivity index (χ0) is 18.0. The zero-order valence-electron chi connectivity index (χ0n) is 13.7. The second-order valence-corrected chi connectivity index (χ2v) is 6.50. The first-order chi connectivity index (χ1) is 12.1. The molecule has 0 spiro atoms. The molecule has 3 aromatic rings. The number of aromatic hydroxyl groups is 1. The first-order valence-corrected chi connectivity index (χ1v) is 8.74. The van der Waals surface area contributed by atoms with Crippen LogP contribution in [-0.2, 0) is 0 Å². The maximum Gasteiger partial charge on any atom is 0.205 e. The molecule has 0 saturated heterocycles. The molecule has 25 heavy (non-hydrogen) atoms. The molecule has 0 amide bonds. The summed E-state index contributed by atoms with van der Waals surface area (Å²) in [5, 5.41) is 21.9.